The molecule has 3 rings (SSSR count). The topological polar surface area (TPSA) is 50.0 Å². The first kappa shape index (κ1) is 12.4. The van der Waals surface area contributed by atoms with Gasteiger partial charge in [0.15, 0.2) is 11.5 Å². The summed E-state index contributed by atoms with van der Waals surface area (Å²) in [6.07, 6.45) is 3.78. The smallest absolute Gasteiger partial charge is 0.170 e. The lowest BCUT2D eigenvalue weighted by molar-refractivity contribution is 0.357. The summed E-state index contributed by atoms with van der Waals surface area (Å²) in [5, 5.41) is 0. The lowest BCUT2D eigenvalue weighted by atomic mass is 10.0. The summed E-state index contributed by atoms with van der Waals surface area (Å²) in [6, 6.07) is 12.0. The Bertz CT molecular complexity index is 624. The van der Waals surface area contributed by atoms with Crippen LogP contribution in [-0.4, -0.2) is 24.2 Å². The molecule has 0 unspecified atom stereocenters. The first-order valence-corrected chi connectivity index (χ1v) is 6.37. The summed E-state index contributed by atoms with van der Waals surface area (Å²) in [5.41, 5.74) is 3.95. The van der Waals surface area contributed by atoms with Crippen LogP contribution in [0, 0.1) is 0 Å². The van der Waals surface area contributed by atoms with Gasteiger partial charge in [0.2, 0.25) is 0 Å². The van der Waals surface area contributed by atoms with E-state index in [0.29, 0.717) is 0 Å². The molecule has 4 nitrogen and oxygen atoms in total. The van der Waals surface area contributed by atoms with Crippen LogP contribution in [0.3, 0.4) is 0 Å². The van der Waals surface area contributed by atoms with E-state index in [4.69, 9.17) is 9.47 Å². The van der Waals surface area contributed by atoms with Crippen molar-refractivity contribution in [3.8, 4) is 34.0 Å². The first-order valence-electron chi connectivity index (χ1n) is 6.37. The van der Waals surface area contributed by atoms with Crippen LogP contribution in [0.2, 0.25) is 0 Å². The van der Waals surface area contributed by atoms with Crippen molar-refractivity contribution in [3.63, 3.8) is 0 Å². The molecule has 1 aromatic carbocycles. The molecule has 0 fully saturated rings. The summed E-state index contributed by atoms with van der Waals surface area (Å²) >= 11 is 0. The summed E-state index contributed by atoms with van der Waals surface area (Å²) < 4.78 is 11.1. The van der Waals surface area contributed by atoms with Gasteiger partial charge < -0.3 is 19.4 Å². The Morgan fingerprint density at radius 2 is 1.15 bits per heavy atom. The Kier molecular flexibility index (Phi) is 3.21. The minimum atomic E-state index is 0.724. The molecule has 0 aliphatic carbocycles. The van der Waals surface area contributed by atoms with Crippen molar-refractivity contribution in [1.82, 2.24) is 9.97 Å². The molecule has 2 N–H and O–H groups in total. The third kappa shape index (κ3) is 1.95. The maximum absolute atomic E-state index is 5.57. The number of methoxy groups -OCH3 is 2. The number of ether oxygens (including phenoxy) is 2. The molecule has 0 amide bonds. The van der Waals surface area contributed by atoms with Crippen LogP contribution in [-0.2, 0) is 0 Å². The normalized spacial score (nSPS) is 10.5. The average molecular weight is 268 g/mol. The fraction of sp³-hybridized carbons (Fsp3) is 0.125. The molecule has 0 bridgehead atoms. The third-order valence-electron chi connectivity index (χ3n) is 3.30. The van der Waals surface area contributed by atoms with Crippen molar-refractivity contribution in [2.75, 3.05) is 14.2 Å². The minimum Gasteiger partial charge on any atom is -0.492 e. The molecular formula is C16H16N2O2. The fourth-order valence-corrected chi connectivity index (χ4v) is 2.39. The van der Waals surface area contributed by atoms with E-state index in [9.17, 15) is 0 Å². The second-order valence-electron chi connectivity index (χ2n) is 4.39. The largest absolute Gasteiger partial charge is 0.492 e. The molecule has 4 heteroatoms. The molecule has 102 valence electrons. The van der Waals surface area contributed by atoms with Gasteiger partial charge >= 0.3 is 0 Å². The molecule has 0 atom stereocenters. The minimum absolute atomic E-state index is 0.724. The van der Waals surface area contributed by atoms with Crippen LogP contribution < -0.4 is 9.47 Å². The predicted octanol–water partition coefficient (Wildman–Crippen LogP) is 3.69. The van der Waals surface area contributed by atoms with E-state index in [2.05, 4.69) is 9.97 Å². The highest BCUT2D eigenvalue weighted by Gasteiger charge is 2.18. The van der Waals surface area contributed by atoms with Gasteiger partial charge in [-0.3, -0.25) is 0 Å². The summed E-state index contributed by atoms with van der Waals surface area (Å²) in [7, 11) is 3.31. The van der Waals surface area contributed by atoms with E-state index in [1.54, 1.807) is 14.2 Å². The van der Waals surface area contributed by atoms with Crippen LogP contribution in [0.15, 0.2) is 48.8 Å². The molecule has 3 aromatic rings. The van der Waals surface area contributed by atoms with Crippen molar-refractivity contribution in [1.29, 1.82) is 0 Å². The lowest BCUT2D eigenvalue weighted by Gasteiger charge is -2.15. The van der Waals surface area contributed by atoms with Crippen LogP contribution in [0.5, 0.6) is 11.5 Å². The molecule has 2 aromatic heterocycles. The Balaban J connectivity index is 2.21. The molecule has 0 aliphatic heterocycles. The van der Waals surface area contributed by atoms with E-state index in [0.717, 1.165) is 34.0 Å². The number of benzene rings is 1. The highest BCUT2D eigenvalue weighted by molar-refractivity contribution is 5.81. The number of rotatable bonds is 4. The second-order valence-corrected chi connectivity index (χ2v) is 4.39. The average Bonchev–Trinajstić information content (AvgIpc) is 3.18. The Morgan fingerprint density at radius 3 is 1.45 bits per heavy atom. The number of H-pyrrole nitrogens is 2. The zero-order chi connectivity index (χ0) is 13.9. The molecule has 0 spiro atoms. The number of aromatic nitrogens is 2. The molecule has 2 heterocycles. The van der Waals surface area contributed by atoms with E-state index < -0.39 is 0 Å². The number of nitrogens with one attached hydrogen (secondary N) is 2. The summed E-state index contributed by atoms with van der Waals surface area (Å²) in [4.78, 5) is 6.38. The van der Waals surface area contributed by atoms with Gasteiger partial charge in [0.25, 0.3) is 0 Å². The SMILES string of the molecule is COc1c(-c2ccc[nH]2)ccc(-c2ccc[nH]2)c1OC. The van der Waals surface area contributed by atoms with Crippen molar-refractivity contribution in [2.24, 2.45) is 0 Å². The summed E-state index contributed by atoms with van der Waals surface area (Å²) in [6.45, 7) is 0. The first-order chi connectivity index (χ1) is 9.85. The van der Waals surface area contributed by atoms with Crippen molar-refractivity contribution in [2.45, 2.75) is 0 Å². The predicted molar refractivity (Wildman–Crippen MR) is 79.1 cm³/mol. The van der Waals surface area contributed by atoms with Crippen LogP contribution in [0.25, 0.3) is 22.5 Å². The van der Waals surface area contributed by atoms with E-state index >= 15 is 0 Å². The fourth-order valence-electron chi connectivity index (χ4n) is 2.39. The maximum Gasteiger partial charge on any atom is 0.170 e. The molecule has 0 saturated heterocycles. The van der Waals surface area contributed by atoms with Gasteiger partial charge in [-0.2, -0.15) is 0 Å². The Labute approximate surface area is 117 Å². The van der Waals surface area contributed by atoms with Gasteiger partial charge in [-0.25, -0.2) is 0 Å². The quantitative estimate of drug-likeness (QED) is 0.758. The highest BCUT2D eigenvalue weighted by atomic mass is 16.5. The molecule has 0 radical (unpaired) electrons. The Morgan fingerprint density at radius 1 is 0.700 bits per heavy atom. The van der Waals surface area contributed by atoms with Gasteiger partial charge in [0.05, 0.1) is 14.2 Å². The Hall–Kier alpha value is -2.62. The molecule has 0 aliphatic rings. The zero-order valence-corrected chi connectivity index (χ0v) is 11.4. The maximum atomic E-state index is 5.57. The van der Waals surface area contributed by atoms with Crippen molar-refractivity contribution >= 4 is 0 Å². The number of hydrogen-bond donors (Lipinski definition) is 2. The van der Waals surface area contributed by atoms with E-state index in [1.807, 2.05) is 48.8 Å². The third-order valence-corrected chi connectivity index (χ3v) is 3.30. The van der Waals surface area contributed by atoms with Gasteiger partial charge in [0, 0.05) is 34.9 Å². The van der Waals surface area contributed by atoms with Crippen LogP contribution in [0.1, 0.15) is 0 Å². The van der Waals surface area contributed by atoms with Crippen LogP contribution >= 0.6 is 0 Å². The zero-order valence-electron chi connectivity index (χ0n) is 11.4. The molecule has 0 saturated carbocycles. The van der Waals surface area contributed by atoms with Gasteiger partial charge in [-0.1, -0.05) is 0 Å². The number of hydrogen-bond acceptors (Lipinski definition) is 2. The second kappa shape index (κ2) is 5.17. The highest BCUT2D eigenvalue weighted by Crippen LogP contribution is 2.43. The van der Waals surface area contributed by atoms with E-state index in [-0.39, 0.29) is 0 Å². The monoisotopic (exact) mass is 268 g/mol. The van der Waals surface area contributed by atoms with Gasteiger partial charge in [0.1, 0.15) is 0 Å². The lowest BCUT2D eigenvalue weighted by Crippen LogP contribution is -1.96. The van der Waals surface area contributed by atoms with E-state index in [1.165, 1.54) is 0 Å². The molecule has 20 heavy (non-hydrogen) atoms. The van der Waals surface area contributed by atoms with Crippen molar-refractivity contribution in [3.05, 3.63) is 48.8 Å². The van der Waals surface area contributed by atoms with Gasteiger partial charge in [-0.05, 0) is 36.4 Å². The number of aromatic amines is 2. The molecular weight excluding hydrogens is 252 g/mol. The van der Waals surface area contributed by atoms with Crippen molar-refractivity contribution < 1.29 is 9.47 Å². The standard InChI is InChI=1S/C16H16N2O2/c1-19-15-11(13-5-3-9-17-13)7-8-12(16(15)20-2)14-6-4-10-18-14/h3-10,17-18H,1-2H3. The summed E-state index contributed by atoms with van der Waals surface area (Å²) in [5.74, 6) is 1.45. The van der Waals surface area contributed by atoms with Gasteiger partial charge in [-0.15, -0.1) is 0 Å². The van der Waals surface area contributed by atoms with Crippen LogP contribution in [0.4, 0.5) is 0 Å².